The highest BCUT2D eigenvalue weighted by Crippen LogP contribution is 2.22. The first-order valence-electron chi connectivity index (χ1n) is 5.43. The number of hydrogen-bond donors (Lipinski definition) is 1. The zero-order valence-electron chi connectivity index (χ0n) is 10.0. The van der Waals surface area contributed by atoms with Gasteiger partial charge in [-0.25, -0.2) is 12.8 Å². The number of rotatable bonds is 3. The van der Waals surface area contributed by atoms with E-state index in [4.69, 9.17) is 0 Å². The summed E-state index contributed by atoms with van der Waals surface area (Å²) in [6.07, 6.45) is 0. The van der Waals surface area contributed by atoms with Gasteiger partial charge in [-0.3, -0.25) is 4.72 Å². The van der Waals surface area contributed by atoms with E-state index in [9.17, 15) is 12.8 Å². The molecule has 0 saturated carbocycles. The van der Waals surface area contributed by atoms with Gasteiger partial charge in [-0.1, -0.05) is 17.7 Å². The molecule has 19 heavy (non-hydrogen) atoms. The number of halogens is 2. The zero-order valence-corrected chi connectivity index (χ0v) is 12.4. The first-order valence-corrected chi connectivity index (χ1v) is 7.71. The largest absolute Gasteiger partial charge is 0.280 e. The smallest absolute Gasteiger partial charge is 0.261 e. The van der Waals surface area contributed by atoms with Crippen molar-refractivity contribution in [2.75, 3.05) is 4.72 Å². The standard InChI is InChI=1S/C13H11BrFNO2S/c1-9-2-5-11(6-3-9)19(17,18)16-10-4-7-12(14)13(15)8-10/h2-8,16H,1H3. The SMILES string of the molecule is Cc1ccc(S(=O)(=O)Nc2ccc(Br)c(F)c2)cc1. The van der Waals surface area contributed by atoms with E-state index in [2.05, 4.69) is 20.7 Å². The summed E-state index contributed by atoms with van der Waals surface area (Å²) in [6.45, 7) is 1.87. The van der Waals surface area contributed by atoms with Crippen LogP contribution in [0.5, 0.6) is 0 Å². The summed E-state index contributed by atoms with van der Waals surface area (Å²) in [7, 11) is -3.69. The summed E-state index contributed by atoms with van der Waals surface area (Å²) in [5, 5.41) is 0. The Balaban J connectivity index is 2.30. The van der Waals surface area contributed by atoms with E-state index in [0.717, 1.165) is 11.6 Å². The van der Waals surface area contributed by atoms with Gasteiger partial charge in [0.15, 0.2) is 0 Å². The molecule has 0 amide bonds. The maximum Gasteiger partial charge on any atom is 0.261 e. The van der Waals surface area contributed by atoms with Crippen molar-refractivity contribution in [3.05, 3.63) is 58.3 Å². The molecule has 2 aromatic carbocycles. The van der Waals surface area contributed by atoms with Crippen molar-refractivity contribution in [2.45, 2.75) is 11.8 Å². The Morgan fingerprint density at radius 2 is 1.74 bits per heavy atom. The van der Waals surface area contributed by atoms with Crippen molar-refractivity contribution in [2.24, 2.45) is 0 Å². The fourth-order valence-electron chi connectivity index (χ4n) is 1.49. The molecule has 3 nitrogen and oxygen atoms in total. The molecule has 0 spiro atoms. The van der Waals surface area contributed by atoms with Gasteiger partial charge in [-0.05, 0) is 53.2 Å². The number of benzene rings is 2. The van der Waals surface area contributed by atoms with Crippen molar-refractivity contribution in [3.63, 3.8) is 0 Å². The van der Waals surface area contributed by atoms with Crippen LogP contribution in [-0.2, 0) is 10.0 Å². The van der Waals surface area contributed by atoms with Gasteiger partial charge in [0, 0.05) is 0 Å². The van der Waals surface area contributed by atoms with E-state index >= 15 is 0 Å². The van der Waals surface area contributed by atoms with Gasteiger partial charge in [0.05, 0.1) is 15.1 Å². The quantitative estimate of drug-likeness (QED) is 0.923. The van der Waals surface area contributed by atoms with Crippen LogP contribution in [0.3, 0.4) is 0 Å². The summed E-state index contributed by atoms with van der Waals surface area (Å²) in [6, 6.07) is 10.5. The lowest BCUT2D eigenvalue weighted by Gasteiger charge is -2.08. The molecule has 2 rings (SSSR count). The number of hydrogen-bond acceptors (Lipinski definition) is 2. The molecule has 0 aliphatic rings. The highest BCUT2D eigenvalue weighted by Gasteiger charge is 2.14. The first-order chi connectivity index (χ1) is 8.88. The zero-order chi connectivity index (χ0) is 14.0. The van der Waals surface area contributed by atoms with E-state index in [1.165, 1.54) is 24.3 Å². The minimum absolute atomic E-state index is 0.140. The number of aryl methyl sites for hydroxylation is 1. The predicted octanol–water partition coefficient (Wildman–Crippen LogP) is 3.70. The molecule has 0 heterocycles. The van der Waals surface area contributed by atoms with Gasteiger partial charge >= 0.3 is 0 Å². The molecule has 6 heteroatoms. The highest BCUT2D eigenvalue weighted by molar-refractivity contribution is 9.10. The Morgan fingerprint density at radius 3 is 2.32 bits per heavy atom. The van der Waals surface area contributed by atoms with Gasteiger partial charge in [0.1, 0.15) is 5.82 Å². The first kappa shape index (κ1) is 14.0. The van der Waals surface area contributed by atoms with E-state index in [0.29, 0.717) is 0 Å². The van der Waals surface area contributed by atoms with Crippen LogP contribution in [0, 0.1) is 12.7 Å². The molecule has 0 aliphatic heterocycles. The molecule has 2 aromatic rings. The fourth-order valence-corrected chi connectivity index (χ4v) is 2.79. The maximum atomic E-state index is 13.3. The molecule has 0 radical (unpaired) electrons. The summed E-state index contributed by atoms with van der Waals surface area (Å²) >= 11 is 3.01. The van der Waals surface area contributed by atoms with Crippen LogP contribution in [-0.4, -0.2) is 8.42 Å². The van der Waals surface area contributed by atoms with E-state index in [1.807, 2.05) is 6.92 Å². The molecule has 0 bridgehead atoms. The van der Waals surface area contributed by atoms with Crippen LogP contribution in [0.25, 0.3) is 0 Å². The van der Waals surface area contributed by atoms with Crippen molar-refractivity contribution in [1.82, 2.24) is 0 Å². The van der Waals surface area contributed by atoms with Crippen molar-refractivity contribution < 1.29 is 12.8 Å². The summed E-state index contributed by atoms with van der Waals surface area (Å²) < 4.78 is 40.1. The van der Waals surface area contributed by atoms with Crippen molar-refractivity contribution in [3.8, 4) is 0 Å². The molecular weight excluding hydrogens is 333 g/mol. The molecule has 0 saturated heterocycles. The molecule has 100 valence electrons. The van der Waals surface area contributed by atoms with Crippen molar-refractivity contribution >= 4 is 31.6 Å². The van der Waals surface area contributed by atoms with Crippen LogP contribution in [0.15, 0.2) is 51.8 Å². The Kier molecular flexibility index (Phi) is 3.91. The minimum Gasteiger partial charge on any atom is -0.280 e. The lowest BCUT2D eigenvalue weighted by atomic mass is 10.2. The van der Waals surface area contributed by atoms with Crippen LogP contribution in [0.4, 0.5) is 10.1 Å². The topological polar surface area (TPSA) is 46.2 Å². The Morgan fingerprint density at radius 1 is 1.11 bits per heavy atom. The Labute approximate surface area is 119 Å². The Hall–Kier alpha value is -1.40. The third-order valence-corrected chi connectivity index (χ3v) is 4.54. The number of nitrogens with one attached hydrogen (secondary N) is 1. The molecule has 0 atom stereocenters. The monoisotopic (exact) mass is 343 g/mol. The van der Waals surface area contributed by atoms with Gasteiger partial charge in [-0.15, -0.1) is 0 Å². The summed E-state index contributed by atoms with van der Waals surface area (Å²) in [5.74, 6) is -0.524. The van der Waals surface area contributed by atoms with Gasteiger partial charge in [0.2, 0.25) is 0 Å². The van der Waals surface area contributed by atoms with Gasteiger partial charge < -0.3 is 0 Å². The second kappa shape index (κ2) is 5.30. The molecule has 0 unspecified atom stereocenters. The van der Waals surface area contributed by atoms with Crippen LogP contribution < -0.4 is 4.72 Å². The second-order valence-corrected chi connectivity index (χ2v) is 6.58. The van der Waals surface area contributed by atoms with E-state index in [-0.39, 0.29) is 15.1 Å². The molecule has 0 aliphatic carbocycles. The summed E-state index contributed by atoms with van der Waals surface area (Å²) in [5.41, 5.74) is 1.15. The average Bonchev–Trinajstić information content (AvgIpc) is 2.34. The van der Waals surface area contributed by atoms with Gasteiger partial charge in [-0.2, -0.15) is 0 Å². The molecule has 1 N–H and O–H groups in total. The third-order valence-electron chi connectivity index (χ3n) is 2.50. The normalized spacial score (nSPS) is 11.3. The van der Waals surface area contributed by atoms with Gasteiger partial charge in [0.25, 0.3) is 10.0 Å². The van der Waals surface area contributed by atoms with E-state index in [1.54, 1.807) is 12.1 Å². The highest BCUT2D eigenvalue weighted by atomic mass is 79.9. The number of sulfonamides is 1. The average molecular weight is 344 g/mol. The minimum atomic E-state index is -3.69. The second-order valence-electron chi connectivity index (χ2n) is 4.05. The molecular formula is C13H11BrFNO2S. The maximum absolute atomic E-state index is 13.3. The van der Waals surface area contributed by atoms with E-state index < -0.39 is 15.8 Å². The fraction of sp³-hybridized carbons (Fsp3) is 0.0769. The van der Waals surface area contributed by atoms with Crippen molar-refractivity contribution in [1.29, 1.82) is 0 Å². The Bertz CT molecular complexity index is 699. The summed E-state index contributed by atoms with van der Waals surface area (Å²) in [4.78, 5) is 0.140. The van der Waals surface area contributed by atoms with Crippen LogP contribution in [0.2, 0.25) is 0 Å². The third kappa shape index (κ3) is 3.33. The molecule has 0 aromatic heterocycles. The number of anilines is 1. The lowest BCUT2D eigenvalue weighted by Crippen LogP contribution is -2.13. The lowest BCUT2D eigenvalue weighted by molar-refractivity contribution is 0.601. The molecule has 0 fully saturated rings. The van der Waals surface area contributed by atoms with Crippen LogP contribution >= 0.6 is 15.9 Å². The predicted molar refractivity (Wildman–Crippen MR) is 76.1 cm³/mol. The van der Waals surface area contributed by atoms with Crippen LogP contribution in [0.1, 0.15) is 5.56 Å².